The van der Waals surface area contributed by atoms with Crippen LogP contribution in [0.1, 0.15) is 20.3 Å². The normalized spacial score (nSPS) is 12.1. The fraction of sp³-hybridized carbons (Fsp3) is 0.981. The molecule has 25 heteroatoms. The molecule has 0 heterocycles. The molecule has 0 aromatic rings. The molecule has 0 aromatic carbocycles. The predicted octanol–water partition coefficient (Wildman–Crippen LogP) is 1.59. The van der Waals surface area contributed by atoms with Crippen molar-refractivity contribution in [1.29, 1.82) is 0 Å². The van der Waals surface area contributed by atoms with E-state index in [1.165, 1.54) is 0 Å². The molecule has 0 aliphatic heterocycles. The second-order valence-electron chi connectivity index (χ2n) is 15.9. The zero-order valence-corrected chi connectivity index (χ0v) is 47.5. The van der Waals surface area contributed by atoms with E-state index in [0.29, 0.717) is 297 Å². The van der Waals surface area contributed by atoms with Crippen molar-refractivity contribution in [3.8, 4) is 0 Å². The van der Waals surface area contributed by atoms with E-state index < -0.39 is 0 Å². The molecule has 0 bridgehead atoms. The summed E-state index contributed by atoms with van der Waals surface area (Å²) in [5.74, 6) is -0.271. The van der Waals surface area contributed by atoms with Gasteiger partial charge in [0.1, 0.15) is 6.61 Å². The standard InChI is InChI=1S/C52H104O25/c1-4-51(2)52(53)77-50-49-76-48-47-75-46-45-74-44-43-73-42-41-72-40-39-71-38-37-70-36-35-69-34-33-68-32-31-67-30-29-66-28-27-65-26-25-64-24-23-63-22-21-62-20-19-61-18-17-60-16-15-59-14-13-58-12-11-57-10-9-56-8-7-55-6-5-54-3/h51H,4-50H2,1-3H3. The lowest BCUT2D eigenvalue weighted by atomic mass is 10.1. The second-order valence-corrected chi connectivity index (χ2v) is 15.9. The fourth-order valence-corrected chi connectivity index (χ4v) is 5.37. The summed E-state index contributed by atoms with van der Waals surface area (Å²) in [7, 11) is 1.64. The van der Waals surface area contributed by atoms with Crippen molar-refractivity contribution < 1.29 is 118 Å². The molecule has 0 radical (unpaired) electrons. The van der Waals surface area contributed by atoms with Gasteiger partial charge in [-0.2, -0.15) is 0 Å². The van der Waals surface area contributed by atoms with E-state index in [1.807, 2.05) is 13.8 Å². The number of carbonyl (C=O) groups is 1. The van der Waals surface area contributed by atoms with Crippen LogP contribution in [0.4, 0.5) is 0 Å². The quantitative estimate of drug-likeness (QED) is 0.0621. The van der Waals surface area contributed by atoms with E-state index in [2.05, 4.69) is 0 Å². The highest BCUT2D eigenvalue weighted by Crippen LogP contribution is 2.02. The van der Waals surface area contributed by atoms with Crippen LogP contribution in [0.25, 0.3) is 0 Å². The number of esters is 1. The first-order valence-corrected chi connectivity index (χ1v) is 27.6. The Morgan fingerprint density at radius 2 is 0.338 bits per heavy atom. The van der Waals surface area contributed by atoms with Gasteiger partial charge in [-0.25, -0.2) is 0 Å². The summed E-state index contributed by atoms with van der Waals surface area (Å²) in [5.41, 5.74) is 0. The zero-order valence-electron chi connectivity index (χ0n) is 47.5. The molecule has 0 rings (SSSR count). The Morgan fingerprint density at radius 3 is 0.455 bits per heavy atom. The maximum Gasteiger partial charge on any atom is 0.308 e. The highest BCUT2D eigenvalue weighted by molar-refractivity contribution is 5.71. The van der Waals surface area contributed by atoms with E-state index in [1.54, 1.807) is 7.11 Å². The Hall–Kier alpha value is -1.45. The second kappa shape index (κ2) is 70.7. The average molecular weight is 1130 g/mol. The summed E-state index contributed by atoms with van der Waals surface area (Å²) < 4.78 is 131. The van der Waals surface area contributed by atoms with Crippen molar-refractivity contribution in [3.05, 3.63) is 0 Å². The maximum atomic E-state index is 11.6. The highest BCUT2D eigenvalue weighted by atomic mass is 16.6. The average Bonchev–Trinajstić information content (AvgIpc) is 3.44. The van der Waals surface area contributed by atoms with Crippen LogP contribution in [0.15, 0.2) is 0 Å². The van der Waals surface area contributed by atoms with Gasteiger partial charge < -0.3 is 114 Å². The Balaban J connectivity index is 3.09. The lowest BCUT2D eigenvalue weighted by molar-refractivity contribution is -0.149. The van der Waals surface area contributed by atoms with Crippen LogP contribution in [0.3, 0.4) is 0 Å². The highest BCUT2D eigenvalue weighted by Gasteiger charge is 2.11. The lowest BCUT2D eigenvalue weighted by Crippen LogP contribution is -2.18. The topological polar surface area (TPSA) is 239 Å². The largest absolute Gasteiger partial charge is 0.463 e. The van der Waals surface area contributed by atoms with E-state index in [4.69, 9.17) is 114 Å². The van der Waals surface area contributed by atoms with E-state index >= 15 is 0 Å². The summed E-state index contributed by atoms with van der Waals surface area (Å²) in [6.45, 7) is 26.2. The molecule has 0 fully saturated rings. The molecule has 0 spiro atoms. The summed E-state index contributed by atoms with van der Waals surface area (Å²) >= 11 is 0. The van der Waals surface area contributed by atoms with Crippen molar-refractivity contribution in [2.45, 2.75) is 20.3 Å². The summed E-state index contributed by atoms with van der Waals surface area (Å²) in [6.07, 6.45) is 0.764. The molecule has 25 nitrogen and oxygen atoms in total. The van der Waals surface area contributed by atoms with Crippen LogP contribution in [0.2, 0.25) is 0 Å². The van der Waals surface area contributed by atoms with Gasteiger partial charge in [-0.1, -0.05) is 13.8 Å². The molecule has 0 amide bonds. The molecule has 0 saturated heterocycles. The molecule has 0 aliphatic rings. The van der Waals surface area contributed by atoms with Crippen molar-refractivity contribution >= 4 is 5.97 Å². The van der Waals surface area contributed by atoms with Gasteiger partial charge >= 0.3 is 5.97 Å². The number of ether oxygens (including phenoxy) is 24. The van der Waals surface area contributed by atoms with Crippen LogP contribution >= 0.6 is 0 Å². The van der Waals surface area contributed by atoms with Gasteiger partial charge in [-0.3, -0.25) is 4.79 Å². The molecule has 0 aliphatic carbocycles. The van der Waals surface area contributed by atoms with Crippen LogP contribution in [0.5, 0.6) is 0 Å². The van der Waals surface area contributed by atoms with Gasteiger partial charge in [0.05, 0.1) is 303 Å². The van der Waals surface area contributed by atoms with Gasteiger partial charge in [0.15, 0.2) is 0 Å². The Kier molecular flexibility index (Phi) is 69.3. The minimum atomic E-state index is -0.189. The van der Waals surface area contributed by atoms with Crippen molar-refractivity contribution in [1.82, 2.24) is 0 Å². The van der Waals surface area contributed by atoms with Crippen LogP contribution in [-0.2, 0) is 118 Å². The number of hydrogen-bond acceptors (Lipinski definition) is 25. The Morgan fingerprint density at radius 1 is 0.221 bits per heavy atom. The zero-order chi connectivity index (χ0) is 55.4. The van der Waals surface area contributed by atoms with Gasteiger partial charge in [0.25, 0.3) is 0 Å². The van der Waals surface area contributed by atoms with E-state index in [-0.39, 0.29) is 18.5 Å². The van der Waals surface area contributed by atoms with Gasteiger partial charge in [0.2, 0.25) is 0 Å². The number of carbonyl (C=O) groups excluding carboxylic acids is 1. The Labute approximate surface area is 460 Å². The monoisotopic (exact) mass is 1130 g/mol. The first kappa shape index (κ1) is 75.5. The lowest BCUT2D eigenvalue weighted by Gasteiger charge is -2.10. The molecular formula is C52H104O25. The first-order chi connectivity index (χ1) is 38.2. The molecule has 0 N–H and O–H groups in total. The van der Waals surface area contributed by atoms with Crippen LogP contribution in [0, 0.1) is 5.92 Å². The molecule has 77 heavy (non-hydrogen) atoms. The number of rotatable bonds is 71. The third-order valence-electron chi connectivity index (χ3n) is 9.73. The molecule has 0 saturated carbocycles. The summed E-state index contributed by atoms with van der Waals surface area (Å²) in [6, 6.07) is 0. The van der Waals surface area contributed by atoms with Crippen molar-refractivity contribution in [3.63, 3.8) is 0 Å². The molecule has 462 valence electrons. The summed E-state index contributed by atoms with van der Waals surface area (Å²) in [4.78, 5) is 11.6. The van der Waals surface area contributed by atoms with Gasteiger partial charge in [-0.15, -0.1) is 0 Å². The predicted molar refractivity (Wildman–Crippen MR) is 280 cm³/mol. The number of methoxy groups -OCH3 is 1. The van der Waals surface area contributed by atoms with Gasteiger partial charge in [-0.05, 0) is 6.42 Å². The molecule has 1 unspecified atom stereocenters. The van der Waals surface area contributed by atoms with E-state index in [9.17, 15) is 4.79 Å². The van der Waals surface area contributed by atoms with Gasteiger partial charge in [0, 0.05) is 7.11 Å². The minimum Gasteiger partial charge on any atom is -0.463 e. The SMILES string of the molecule is CCC(C)C(=O)OCCOCCOCCOCCOCCOCCOCCOCCOCCOCCOCCOCCOCCOCCOCCOCCOCCOCCOCCOCCOCCOCCOCCOC. The van der Waals surface area contributed by atoms with Crippen molar-refractivity contribution in [2.24, 2.45) is 5.92 Å². The maximum absolute atomic E-state index is 11.6. The van der Waals surface area contributed by atoms with E-state index in [0.717, 1.165) is 6.42 Å². The number of hydrogen-bond donors (Lipinski definition) is 0. The van der Waals surface area contributed by atoms with Crippen LogP contribution in [-0.4, -0.2) is 317 Å². The van der Waals surface area contributed by atoms with Crippen LogP contribution < -0.4 is 0 Å². The molecule has 1 atom stereocenters. The third-order valence-corrected chi connectivity index (χ3v) is 9.73. The first-order valence-electron chi connectivity index (χ1n) is 27.6. The third kappa shape index (κ3) is 68.7. The van der Waals surface area contributed by atoms with Crippen molar-refractivity contribution in [2.75, 3.05) is 311 Å². The summed E-state index contributed by atoms with van der Waals surface area (Å²) in [5, 5.41) is 0. The fourth-order valence-electron chi connectivity index (χ4n) is 5.37. The minimum absolute atomic E-state index is 0.0822. The molecule has 0 aromatic heterocycles. The Bertz CT molecular complexity index is 1080. The molecular weight excluding hydrogens is 1020 g/mol. The smallest absolute Gasteiger partial charge is 0.308 e.